The van der Waals surface area contributed by atoms with Gasteiger partial charge < -0.3 is 9.84 Å². The molecule has 0 fully saturated rings. The molecular weight excluding hydrogens is 216 g/mol. The van der Waals surface area contributed by atoms with E-state index in [-0.39, 0.29) is 5.91 Å². The molecule has 1 aromatic heterocycles. The Morgan fingerprint density at radius 2 is 2.24 bits per heavy atom. The van der Waals surface area contributed by atoms with Crippen molar-refractivity contribution in [2.45, 2.75) is 20.8 Å². The highest BCUT2D eigenvalue weighted by Gasteiger charge is 2.12. The smallest absolute Gasteiger partial charge is 0.221 e. The first-order chi connectivity index (χ1) is 8.13. The molecule has 1 aromatic carbocycles. The van der Waals surface area contributed by atoms with Crippen molar-refractivity contribution in [3.8, 4) is 0 Å². The number of rotatable bonds is 2. The average Bonchev–Trinajstić information content (AvgIpc) is 2.64. The number of aromatic nitrogens is 1. The van der Waals surface area contributed by atoms with Gasteiger partial charge in [0.2, 0.25) is 5.91 Å². The molecule has 0 saturated heterocycles. The van der Waals surface area contributed by atoms with E-state index in [2.05, 4.69) is 10.5 Å². The maximum absolute atomic E-state index is 11.1. The number of carbonyl (C=O) groups is 1. The summed E-state index contributed by atoms with van der Waals surface area (Å²) in [5.74, 6) is -0.105. The van der Waals surface area contributed by atoms with Crippen molar-refractivity contribution in [3.05, 3.63) is 29.5 Å². The number of amides is 1. The molecule has 0 atom stereocenters. The Bertz CT molecular complexity index is 597. The summed E-state index contributed by atoms with van der Waals surface area (Å²) in [5.41, 5.74) is 3.13. The van der Waals surface area contributed by atoms with Gasteiger partial charge in [0.1, 0.15) is 0 Å². The van der Waals surface area contributed by atoms with Crippen LogP contribution in [0.5, 0.6) is 0 Å². The predicted molar refractivity (Wildman–Crippen MR) is 67.8 cm³/mol. The second-order valence-electron chi connectivity index (χ2n) is 3.85. The number of aryl methyl sites for hydroxylation is 1. The number of anilines is 1. The van der Waals surface area contributed by atoms with E-state index in [1.807, 2.05) is 38.1 Å². The van der Waals surface area contributed by atoms with Crippen molar-refractivity contribution >= 4 is 28.6 Å². The topological polar surface area (TPSA) is 55.1 Å². The molecule has 2 rings (SSSR count). The summed E-state index contributed by atoms with van der Waals surface area (Å²) in [4.78, 5) is 11.1. The van der Waals surface area contributed by atoms with Crippen molar-refractivity contribution in [2.24, 2.45) is 0 Å². The van der Waals surface area contributed by atoms with E-state index in [9.17, 15) is 4.79 Å². The van der Waals surface area contributed by atoms with Gasteiger partial charge in [-0.2, -0.15) is 0 Å². The Morgan fingerprint density at radius 3 is 2.88 bits per heavy atom. The molecule has 1 amide bonds. The molecule has 0 saturated carbocycles. The van der Waals surface area contributed by atoms with E-state index in [0.29, 0.717) is 5.58 Å². The summed E-state index contributed by atoms with van der Waals surface area (Å²) < 4.78 is 5.30. The van der Waals surface area contributed by atoms with Gasteiger partial charge in [0.25, 0.3) is 0 Å². The summed E-state index contributed by atoms with van der Waals surface area (Å²) in [6.45, 7) is 5.29. The number of nitrogens with one attached hydrogen (secondary N) is 1. The van der Waals surface area contributed by atoms with Crippen LogP contribution in [0.2, 0.25) is 0 Å². The summed E-state index contributed by atoms with van der Waals surface area (Å²) in [7, 11) is 0. The summed E-state index contributed by atoms with van der Waals surface area (Å²) >= 11 is 0. The Labute approximate surface area is 99.3 Å². The molecule has 17 heavy (non-hydrogen) atoms. The monoisotopic (exact) mass is 230 g/mol. The number of hydrogen-bond acceptors (Lipinski definition) is 3. The van der Waals surface area contributed by atoms with Gasteiger partial charge in [-0.1, -0.05) is 17.3 Å². The van der Waals surface area contributed by atoms with E-state index in [0.717, 1.165) is 22.3 Å². The second kappa shape index (κ2) is 4.41. The van der Waals surface area contributed by atoms with E-state index >= 15 is 0 Å². The molecule has 2 aromatic rings. The first-order valence-corrected chi connectivity index (χ1v) is 5.42. The third-order valence-corrected chi connectivity index (χ3v) is 2.50. The molecule has 0 radical (unpaired) electrons. The molecule has 4 nitrogen and oxygen atoms in total. The predicted octanol–water partition coefficient (Wildman–Crippen LogP) is 3.13. The van der Waals surface area contributed by atoms with Crippen molar-refractivity contribution < 1.29 is 9.32 Å². The Morgan fingerprint density at radius 1 is 1.47 bits per heavy atom. The highest BCUT2D eigenvalue weighted by Crippen LogP contribution is 2.29. The Balaban J connectivity index is 2.68. The number of hydrogen-bond donors (Lipinski definition) is 1. The third-order valence-electron chi connectivity index (χ3n) is 2.50. The Hall–Kier alpha value is -2.10. The maximum Gasteiger partial charge on any atom is 0.221 e. The molecule has 0 unspecified atom stereocenters. The lowest BCUT2D eigenvalue weighted by Crippen LogP contribution is -2.07. The van der Waals surface area contributed by atoms with Crippen molar-refractivity contribution in [1.82, 2.24) is 5.16 Å². The first kappa shape index (κ1) is 11.4. The van der Waals surface area contributed by atoms with Crippen LogP contribution in [0.25, 0.3) is 17.0 Å². The van der Waals surface area contributed by atoms with Crippen LogP contribution in [0.1, 0.15) is 25.1 Å². The molecule has 1 N–H and O–H groups in total. The van der Waals surface area contributed by atoms with E-state index in [1.54, 1.807) is 0 Å². The SMILES string of the molecule is C/C=C/c1c(NC(C)=O)ccc2c(C)noc12. The molecule has 0 spiro atoms. The van der Waals surface area contributed by atoms with E-state index < -0.39 is 0 Å². The summed E-state index contributed by atoms with van der Waals surface area (Å²) in [6, 6.07) is 3.77. The van der Waals surface area contributed by atoms with Crippen molar-refractivity contribution in [2.75, 3.05) is 5.32 Å². The lowest BCUT2D eigenvalue weighted by molar-refractivity contribution is -0.114. The normalized spacial score (nSPS) is 11.2. The van der Waals surface area contributed by atoms with Crippen LogP contribution in [0.3, 0.4) is 0 Å². The third kappa shape index (κ3) is 2.06. The minimum absolute atomic E-state index is 0.105. The van der Waals surface area contributed by atoms with Crippen LogP contribution in [-0.4, -0.2) is 11.1 Å². The number of benzene rings is 1. The van der Waals surface area contributed by atoms with E-state index in [4.69, 9.17) is 4.52 Å². The molecule has 0 aliphatic rings. The lowest BCUT2D eigenvalue weighted by Gasteiger charge is -2.06. The van der Waals surface area contributed by atoms with Crippen molar-refractivity contribution in [3.63, 3.8) is 0 Å². The summed E-state index contributed by atoms with van der Waals surface area (Å²) in [5, 5.41) is 7.68. The molecular formula is C13H14N2O2. The van der Waals surface area contributed by atoms with Crippen LogP contribution in [0.4, 0.5) is 5.69 Å². The maximum atomic E-state index is 11.1. The highest BCUT2D eigenvalue weighted by atomic mass is 16.5. The van der Waals surface area contributed by atoms with Crippen LogP contribution >= 0.6 is 0 Å². The quantitative estimate of drug-likeness (QED) is 0.862. The minimum Gasteiger partial charge on any atom is -0.355 e. The molecule has 88 valence electrons. The zero-order valence-electron chi connectivity index (χ0n) is 10.1. The zero-order valence-corrected chi connectivity index (χ0v) is 10.1. The van der Waals surface area contributed by atoms with Gasteiger partial charge >= 0.3 is 0 Å². The number of fused-ring (bicyclic) bond motifs is 1. The molecule has 4 heteroatoms. The lowest BCUT2D eigenvalue weighted by atomic mass is 10.1. The summed E-state index contributed by atoms with van der Waals surface area (Å²) in [6.07, 6.45) is 3.80. The van der Waals surface area contributed by atoms with Gasteiger partial charge in [-0.15, -0.1) is 0 Å². The molecule has 0 aliphatic carbocycles. The van der Waals surface area contributed by atoms with Crippen LogP contribution < -0.4 is 5.32 Å². The van der Waals surface area contributed by atoms with Crippen molar-refractivity contribution in [1.29, 1.82) is 0 Å². The Kier molecular flexibility index (Phi) is 2.95. The minimum atomic E-state index is -0.105. The fourth-order valence-electron chi connectivity index (χ4n) is 1.78. The van der Waals surface area contributed by atoms with Crippen LogP contribution in [0, 0.1) is 6.92 Å². The second-order valence-corrected chi connectivity index (χ2v) is 3.85. The van der Waals surface area contributed by atoms with Crippen LogP contribution in [0.15, 0.2) is 22.7 Å². The standard InChI is InChI=1S/C13H14N2O2/c1-4-5-11-12(14-9(3)16)7-6-10-8(2)15-17-13(10)11/h4-7H,1-3H3,(H,14,16)/b5-4+. The fourth-order valence-corrected chi connectivity index (χ4v) is 1.78. The number of nitrogens with zero attached hydrogens (tertiary/aromatic N) is 1. The van der Waals surface area contributed by atoms with Gasteiger partial charge in [-0.05, 0) is 26.0 Å². The number of carbonyl (C=O) groups excluding carboxylic acids is 1. The van der Waals surface area contributed by atoms with Crippen LogP contribution in [-0.2, 0) is 4.79 Å². The largest absolute Gasteiger partial charge is 0.355 e. The van der Waals surface area contributed by atoms with Gasteiger partial charge in [0.15, 0.2) is 5.58 Å². The van der Waals surface area contributed by atoms with Gasteiger partial charge in [-0.3, -0.25) is 4.79 Å². The molecule has 0 aliphatic heterocycles. The first-order valence-electron chi connectivity index (χ1n) is 5.42. The van der Waals surface area contributed by atoms with Gasteiger partial charge in [-0.25, -0.2) is 0 Å². The van der Waals surface area contributed by atoms with Gasteiger partial charge in [0, 0.05) is 17.9 Å². The molecule has 0 bridgehead atoms. The molecule has 1 heterocycles. The zero-order chi connectivity index (χ0) is 12.4. The van der Waals surface area contributed by atoms with Gasteiger partial charge in [0.05, 0.1) is 11.4 Å². The number of allylic oxidation sites excluding steroid dienone is 1. The fraction of sp³-hybridized carbons (Fsp3) is 0.231. The van der Waals surface area contributed by atoms with E-state index in [1.165, 1.54) is 6.92 Å². The highest BCUT2D eigenvalue weighted by molar-refractivity contribution is 5.98. The average molecular weight is 230 g/mol.